The van der Waals surface area contributed by atoms with Crippen LogP contribution in [0.5, 0.6) is 0 Å². The molecule has 2 aromatic carbocycles. The zero-order chi connectivity index (χ0) is 18.4. The summed E-state index contributed by atoms with van der Waals surface area (Å²) in [5.41, 5.74) is 0.870. The van der Waals surface area contributed by atoms with Crippen molar-refractivity contribution in [3.8, 4) is 0 Å². The summed E-state index contributed by atoms with van der Waals surface area (Å²) in [6.07, 6.45) is 0. The van der Waals surface area contributed by atoms with Crippen LogP contribution in [-0.4, -0.2) is 31.4 Å². The maximum absolute atomic E-state index is 12.0. The molecular weight excluding hydrogens is 367 g/mol. The molecule has 2 rings (SSSR count). The van der Waals surface area contributed by atoms with Crippen LogP contribution in [0.15, 0.2) is 42.5 Å². The van der Waals surface area contributed by atoms with E-state index >= 15 is 0 Å². The molecule has 130 valence electrons. The van der Waals surface area contributed by atoms with Crippen LogP contribution in [0.4, 0.5) is 5.69 Å². The fourth-order valence-corrected chi connectivity index (χ4v) is 2.31. The molecule has 0 bridgehead atoms. The molecule has 0 fully saturated rings. The Morgan fingerprint density at radius 3 is 2.56 bits per heavy atom. The minimum absolute atomic E-state index is 0.0728. The molecule has 6 nitrogen and oxygen atoms in total. The molecule has 25 heavy (non-hydrogen) atoms. The number of anilines is 1. The molecule has 0 spiro atoms. The Bertz CT molecular complexity index is 824. The molecule has 0 saturated carbocycles. The molecular formula is C17H14Cl2N2O4. The molecule has 2 aromatic rings. The number of carbonyl (C=O) groups is 3. The van der Waals surface area contributed by atoms with E-state index in [0.717, 1.165) is 0 Å². The third-order valence-electron chi connectivity index (χ3n) is 3.12. The van der Waals surface area contributed by atoms with Gasteiger partial charge in [-0.25, -0.2) is 4.79 Å². The largest absolute Gasteiger partial charge is 0.452 e. The molecule has 0 atom stereocenters. The number of esters is 1. The normalized spacial score (nSPS) is 10.0. The molecule has 0 aromatic heterocycles. The fraction of sp³-hybridized carbons (Fsp3) is 0.118. The summed E-state index contributed by atoms with van der Waals surface area (Å²) in [7, 11) is 1.51. The molecule has 0 radical (unpaired) electrons. The van der Waals surface area contributed by atoms with Crippen LogP contribution in [0.2, 0.25) is 10.0 Å². The first-order chi connectivity index (χ1) is 11.9. The standard InChI is InChI=1S/C17H14Cl2N2O4/c1-20-16(23)10-3-2-4-12(7-10)21-15(22)9-25-17(24)13-8-11(18)5-6-14(13)19/h2-8H,9H2,1H3,(H,20,23)(H,21,22). The van der Waals surface area contributed by atoms with Gasteiger partial charge in [-0.15, -0.1) is 0 Å². The lowest BCUT2D eigenvalue weighted by molar-refractivity contribution is -0.119. The average molecular weight is 381 g/mol. The quantitative estimate of drug-likeness (QED) is 0.780. The summed E-state index contributed by atoms with van der Waals surface area (Å²) in [4.78, 5) is 35.4. The Morgan fingerprint density at radius 2 is 1.84 bits per heavy atom. The van der Waals surface area contributed by atoms with Gasteiger partial charge in [-0.3, -0.25) is 9.59 Å². The van der Waals surface area contributed by atoms with Crippen LogP contribution in [0.25, 0.3) is 0 Å². The van der Waals surface area contributed by atoms with Gasteiger partial charge in [0, 0.05) is 23.3 Å². The van der Waals surface area contributed by atoms with E-state index in [2.05, 4.69) is 10.6 Å². The second-order valence-corrected chi connectivity index (χ2v) is 5.75. The van der Waals surface area contributed by atoms with E-state index in [0.29, 0.717) is 16.3 Å². The van der Waals surface area contributed by atoms with Gasteiger partial charge in [0.05, 0.1) is 10.6 Å². The molecule has 2 amide bonds. The molecule has 0 aliphatic carbocycles. The minimum Gasteiger partial charge on any atom is -0.452 e. The lowest BCUT2D eigenvalue weighted by Crippen LogP contribution is -2.22. The second kappa shape index (κ2) is 8.50. The predicted octanol–water partition coefficient (Wildman–Crippen LogP) is 3.15. The first-order valence-electron chi connectivity index (χ1n) is 7.15. The van der Waals surface area contributed by atoms with Crippen LogP contribution in [0.1, 0.15) is 20.7 Å². The summed E-state index contributed by atoms with van der Waals surface area (Å²) in [6.45, 7) is -0.508. The van der Waals surface area contributed by atoms with Gasteiger partial charge in [0.2, 0.25) is 0 Å². The highest BCUT2D eigenvalue weighted by Gasteiger charge is 2.15. The van der Waals surface area contributed by atoms with E-state index < -0.39 is 18.5 Å². The maximum atomic E-state index is 12.0. The third kappa shape index (κ3) is 5.20. The Morgan fingerprint density at radius 1 is 1.08 bits per heavy atom. The fourth-order valence-electron chi connectivity index (χ4n) is 1.94. The van der Waals surface area contributed by atoms with Crippen LogP contribution < -0.4 is 10.6 Å². The topological polar surface area (TPSA) is 84.5 Å². The monoisotopic (exact) mass is 380 g/mol. The number of nitrogens with one attached hydrogen (secondary N) is 2. The highest BCUT2D eigenvalue weighted by atomic mass is 35.5. The van der Waals surface area contributed by atoms with Crippen LogP contribution in [0.3, 0.4) is 0 Å². The number of hydrogen-bond acceptors (Lipinski definition) is 4. The lowest BCUT2D eigenvalue weighted by atomic mass is 10.2. The van der Waals surface area contributed by atoms with Crippen molar-refractivity contribution >= 4 is 46.7 Å². The molecule has 0 unspecified atom stereocenters. The van der Waals surface area contributed by atoms with Crippen molar-refractivity contribution in [1.82, 2.24) is 5.32 Å². The van der Waals surface area contributed by atoms with Crippen molar-refractivity contribution in [2.24, 2.45) is 0 Å². The number of rotatable bonds is 5. The van der Waals surface area contributed by atoms with Crippen molar-refractivity contribution in [3.05, 3.63) is 63.6 Å². The Balaban J connectivity index is 1.96. The number of hydrogen-bond donors (Lipinski definition) is 2. The van der Waals surface area contributed by atoms with Crippen molar-refractivity contribution in [1.29, 1.82) is 0 Å². The SMILES string of the molecule is CNC(=O)c1cccc(NC(=O)COC(=O)c2cc(Cl)ccc2Cl)c1. The first kappa shape index (κ1) is 18.8. The van der Waals surface area contributed by atoms with Crippen molar-refractivity contribution in [2.75, 3.05) is 19.0 Å². The lowest BCUT2D eigenvalue weighted by Gasteiger charge is -2.09. The van der Waals surface area contributed by atoms with Gasteiger partial charge in [-0.2, -0.15) is 0 Å². The van der Waals surface area contributed by atoms with Crippen molar-refractivity contribution in [2.45, 2.75) is 0 Å². The van der Waals surface area contributed by atoms with Gasteiger partial charge in [-0.05, 0) is 36.4 Å². The van der Waals surface area contributed by atoms with Gasteiger partial charge in [0.1, 0.15) is 0 Å². The van der Waals surface area contributed by atoms with E-state index in [1.54, 1.807) is 18.2 Å². The Kier molecular flexibility index (Phi) is 6.38. The number of benzene rings is 2. The van der Waals surface area contributed by atoms with Crippen LogP contribution in [0, 0.1) is 0 Å². The summed E-state index contributed by atoms with van der Waals surface area (Å²) < 4.78 is 4.92. The molecule has 0 aliphatic rings. The zero-order valence-corrected chi connectivity index (χ0v) is 14.6. The van der Waals surface area contributed by atoms with Gasteiger partial charge < -0.3 is 15.4 Å². The van der Waals surface area contributed by atoms with E-state index in [1.165, 1.54) is 31.3 Å². The first-order valence-corrected chi connectivity index (χ1v) is 7.90. The van der Waals surface area contributed by atoms with E-state index in [4.69, 9.17) is 27.9 Å². The van der Waals surface area contributed by atoms with Gasteiger partial charge in [0.15, 0.2) is 6.61 Å². The number of ether oxygens (including phenoxy) is 1. The Hall–Kier alpha value is -2.57. The maximum Gasteiger partial charge on any atom is 0.340 e. The predicted molar refractivity (Wildman–Crippen MR) is 95.2 cm³/mol. The average Bonchev–Trinajstić information content (AvgIpc) is 2.61. The highest BCUT2D eigenvalue weighted by molar-refractivity contribution is 6.35. The summed E-state index contributed by atoms with van der Waals surface area (Å²) >= 11 is 11.7. The van der Waals surface area contributed by atoms with Gasteiger partial charge in [0.25, 0.3) is 11.8 Å². The second-order valence-electron chi connectivity index (χ2n) is 4.91. The number of amides is 2. The molecule has 0 aliphatic heterocycles. The molecule has 2 N–H and O–H groups in total. The number of carbonyl (C=O) groups excluding carboxylic acids is 3. The zero-order valence-electron chi connectivity index (χ0n) is 13.1. The highest BCUT2D eigenvalue weighted by Crippen LogP contribution is 2.21. The van der Waals surface area contributed by atoms with Crippen molar-refractivity contribution in [3.63, 3.8) is 0 Å². The molecule has 0 heterocycles. The van der Waals surface area contributed by atoms with Crippen LogP contribution >= 0.6 is 23.2 Å². The van der Waals surface area contributed by atoms with Crippen molar-refractivity contribution < 1.29 is 19.1 Å². The van der Waals surface area contributed by atoms with E-state index in [9.17, 15) is 14.4 Å². The smallest absolute Gasteiger partial charge is 0.340 e. The summed E-state index contributed by atoms with van der Waals surface area (Å²) in [5, 5.41) is 5.52. The van der Waals surface area contributed by atoms with Crippen LogP contribution in [-0.2, 0) is 9.53 Å². The third-order valence-corrected chi connectivity index (χ3v) is 3.68. The molecule has 0 saturated heterocycles. The van der Waals surface area contributed by atoms with E-state index in [-0.39, 0.29) is 16.5 Å². The number of halogens is 2. The van der Waals surface area contributed by atoms with Gasteiger partial charge >= 0.3 is 5.97 Å². The Labute approximate surface area is 154 Å². The summed E-state index contributed by atoms with van der Waals surface area (Å²) in [5.74, 6) is -1.60. The minimum atomic E-state index is -0.762. The summed E-state index contributed by atoms with van der Waals surface area (Å²) in [6, 6.07) is 10.7. The van der Waals surface area contributed by atoms with Gasteiger partial charge in [-0.1, -0.05) is 29.3 Å². The van der Waals surface area contributed by atoms with E-state index in [1.807, 2.05) is 0 Å². The molecule has 8 heteroatoms.